The topological polar surface area (TPSA) is 32.5 Å². The maximum absolute atomic E-state index is 6.32. The number of nitrogens with zero attached hydrogens (tertiary/aromatic N) is 2. The lowest BCUT2D eigenvalue weighted by Gasteiger charge is -2.34. The molecule has 0 radical (unpaired) electrons. The van der Waals surface area contributed by atoms with Crippen LogP contribution in [0.3, 0.4) is 0 Å². The first-order chi connectivity index (χ1) is 10.3. The SMILES string of the molecule is CC(N)C(c1ccccc1)N1CCC(N2CCCCC2)C1. The number of benzene rings is 1. The highest BCUT2D eigenvalue weighted by Crippen LogP contribution is 2.29. The quantitative estimate of drug-likeness (QED) is 0.924. The number of hydrogen-bond acceptors (Lipinski definition) is 3. The zero-order chi connectivity index (χ0) is 14.7. The highest BCUT2D eigenvalue weighted by molar-refractivity contribution is 5.21. The average Bonchev–Trinajstić information content (AvgIpc) is 2.98. The molecule has 0 aromatic heterocycles. The summed E-state index contributed by atoms with van der Waals surface area (Å²) in [5, 5.41) is 0. The van der Waals surface area contributed by atoms with Crippen molar-refractivity contribution in [1.29, 1.82) is 0 Å². The van der Waals surface area contributed by atoms with E-state index in [0.29, 0.717) is 6.04 Å². The van der Waals surface area contributed by atoms with Gasteiger partial charge in [0.1, 0.15) is 0 Å². The molecular formula is C18H29N3. The Morgan fingerprint density at radius 2 is 1.76 bits per heavy atom. The predicted molar refractivity (Wildman–Crippen MR) is 88.2 cm³/mol. The third-order valence-corrected chi connectivity index (χ3v) is 5.13. The third-order valence-electron chi connectivity index (χ3n) is 5.13. The minimum absolute atomic E-state index is 0.174. The first-order valence-corrected chi connectivity index (χ1v) is 8.54. The third kappa shape index (κ3) is 3.47. The Kier molecular flexibility index (Phi) is 4.94. The molecule has 116 valence electrons. The smallest absolute Gasteiger partial charge is 0.0497 e. The van der Waals surface area contributed by atoms with E-state index in [4.69, 9.17) is 5.73 Å². The van der Waals surface area contributed by atoms with E-state index < -0.39 is 0 Å². The molecule has 0 amide bonds. The van der Waals surface area contributed by atoms with Crippen LogP contribution < -0.4 is 5.73 Å². The summed E-state index contributed by atoms with van der Waals surface area (Å²) in [5.74, 6) is 0. The second kappa shape index (κ2) is 6.91. The second-order valence-corrected chi connectivity index (χ2v) is 6.75. The van der Waals surface area contributed by atoms with Crippen LogP contribution in [-0.2, 0) is 0 Å². The maximum atomic E-state index is 6.32. The van der Waals surface area contributed by atoms with Gasteiger partial charge in [-0.25, -0.2) is 0 Å². The molecule has 0 spiro atoms. The number of nitrogens with two attached hydrogens (primary N) is 1. The standard InChI is InChI=1S/C18H29N3/c1-15(19)18(16-8-4-2-5-9-16)21-13-10-17(14-21)20-11-6-3-7-12-20/h2,4-5,8-9,15,17-18H,3,6-7,10-14,19H2,1H3. The number of rotatable bonds is 4. The Morgan fingerprint density at radius 1 is 1.05 bits per heavy atom. The van der Waals surface area contributed by atoms with Crippen LogP contribution in [0.15, 0.2) is 30.3 Å². The molecule has 2 fully saturated rings. The fourth-order valence-electron chi connectivity index (χ4n) is 4.10. The molecule has 21 heavy (non-hydrogen) atoms. The van der Waals surface area contributed by atoms with Crippen molar-refractivity contribution in [1.82, 2.24) is 9.80 Å². The molecule has 3 nitrogen and oxygen atoms in total. The van der Waals surface area contributed by atoms with E-state index in [-0.39, 0.29) is 6.04 Å². The summed E-state index contributed by atoms with van der Waals surface area (Å²) >= 11 is 0. The van der Waals surface area contributed by atoms with Crippen molar-refractivity contribution in [2.75, 3.05) is 26.2 Å². The largest absolute Gasteiger partial charge is 0.326 e. The fraction of sp³-hybridized carbons (Fsp3) is 0.667. The maximum Gasteiger partial charge on any atom is 0.0497 e. The summed E-state index contributed by atoms with van der Waals surface area (Å²) in [5.41, 5.74) is 7.68. The number of piperidine rings is 1. The lowest BCUT2D eigenvalue weighted by Crippen LogP contribution is -2.43. The number of hydrogen-bond donors (Lipinski definition) is 1. The molecule has 2 N–H and O–H groups in total. The Hall–Kier alpha value is -0.900. The first-order valence-electron chi connectivity index (χ1n) is 8.54. The lowest BCUT2D eigenvalue weighted by molar-refractivity contribution is 0.147. The molecule has 1 aromatic rings. The summed E-state index contributed by atoms with van der Waals surface area (Å²) in [4.78, 5) is 5.33. The van der Waals surface area contributed by atoms with Crippen molar-refractivity contribution in [3.05, 3.63) is 35.9 Å². The van der Waals surface area contributed by atoms with Gasteiger partial charge in [-0.1, -0.05) is 36.8 Å². The Balaban J connectivity index is 1.68. The minimum atomic E-state index is 0.174. The van der Waals surface area contributed by atoms with E-state index in [1.165, 1.54) is 57.4 Å². The Labute approximate surface area is 129 Å². The van der Waals surface area contributed by atoms with Gasteiger partial charge in [0.05, 0.1) is 0 Å². The molecule has 2 aliphatic heterocycles. The van der Waals surface area contributed by atoms with Crippen LogP contribution in [0.1, 0.15) is 44.2 Å². The van der Waals surface area contributed by atoms with Crippen LogP contribution in [0.2, 0.25) is 0 Å². The van der Waals surface area contributed by atoms with E-state index in [9.17, 15) is 0 Å². The van der Waals surface area contributed by atoms with E-state index in [2.05, 4.69) is 47.1 Å². The van der Waals surface area contributed by atoms with Crippen molar-refractivity contribution < 1.29 is 0 Å². The van der Waals surface area contributed by atoms with Gasteiger partial charge in [0.15, 0.2) is 0 Å². The van der Waals surface area contributed by atoms with Gasteiger partial charge in [-0.3, -0.25) is 9.80 Å². The molecule has 2 saturated heterocycles. The number of likely N-dealkylation sites (tertiary alicyclic amines) is 2. The zero-order valence-corrected chi connectivity index (χ0v) is 13.2. The minimum Gasteiger partial charge on any atom is -0.326 e. The molecule has 2 aliphatic rings. The predicted octanol–water partition coefficient (Wildman–Crippen LogP) is 2.64. The van der Waals surface area contributed by atoms with Gasteiger partial charge in [-0.15, -0.1) is 0 Å². The molecule has 3 atom stereocenters. The molecule has 3 heteroatoms. The second-order valence-electron chi connectivity index (χ2n) is 6.75. The van der Waals surface area contributed by atoms with Crippen molar-refractivity contribution >= 4 is 0 Å². The fourth-order valence-corrected chi connectivity index (χ4v) is 4.10. The molecule has 1 aromatic carbocycles. The van der Waals surface area contributed by atoms with E-state index in [1.54, 1.807) is 0 Å². The summed E-state index contributed by atoms with van der Waals surface area (Å²) < 4.78 is 0. The molecule has 0 saturated carbocycles. The van der Waals surface area contributed by atoms with Gasteiger partial charge < -0.3 is 5.73 Å². The van der Waals surface area contributed by atoms with E-state index in [1.807, 2.05) is 0 Å². The lowest BCUT2D eigenvalue weighted by atomic mass is 9.99. The Bertz CT molecular complexity index is 425. The van der Waals surface area contributed by atoms with Crippen LogP contribution in [0.5, 0.6) is 0 Å². The molecule has 2 heterocycles. The van der Waals surface area contributed by atoms with Crippen molar-refractivity contribution in [2.45, 2.75) is 50.7 Å². The highest BCUT2D eigenvalue weighted by Gasteiger charge is 2.34. The summed E-state index contributed by atoms with van der Waals surface area (Å²) in [6, 6.07) is 12.1. The highest BCUT2D eigenvalue weighted by atomic mass is 15.3. The Morgan fingerprint density at radius 3 is 2.43 bits per heavy atom. The van der Waals surface area contributed by atoms with Gasteiger partial charge >= 0.3 is 0 Å². The van der Waals surface area contributed by atoms with Crippen LogP contribution in [-0.4, -0.2) is 48.1 Å². The molecule has 0 aliphatic carbocycles. The van der Waals surface area contributed by atoms with Crippen molar-refractivity contribution in [3.8, 4) is 0 Å². The van der Waals surface area contributed by atoms with Gasteiger partial charge in [-0.2, -0.15) is 0 Å². The summed E-state index contributed by atoms with van der Waals surface area (Å²) in [7, 11) is 0. The molecular weight excluding hydrogens is 258 g/mol. The van der Waals surface area contributed by atoms with Crippen LogP contribution in [0.25, 0.3) is 0 Å². The van der Waals surface area contributed by atoms with Gasteiger partial charge in [0.2, 0.25) is 0 Å². The van der Waals surface area contributed by atoms with Gasteiger partial charge in [0.25, 0.3) is 0 Å². The van der Waals surface area contributed by atoms with Crippen molar-refractivity contribution in [3.63, 3.8) is 0 Å². The molecule has 3 unspecified atom stereocenters. The monoisotopic (exact) mass is 287 g/mol. The average molecular weight is 287 g/mol. The van der Waals surface area contributed by atoms with Crippen molar-refractivity contribution in [2.24, 2.45) is 5.73 Å². The summed E-state index contributed by atoms with van der Waals surface area (Å²) in [6.45, 7) is 7.11. The normalized spacial score (nSPS) is 27.6. The van der Waals surface area contributed by atoms with Gasteiger partial charge in [-0.05, 0) is 44.8 Å². The van der Waals surface area contributed by atoms with Crippen LogP contribution in [0.4, 0.5) is 0 Å². The molecule has 3 rings (SSSR count). The van der Waals surface area contributed by atoms with E-state index >= 15 is 0 Å². The zero-order valence-electron chi connectivity index (χ0n) is 13.2. The van der Waals surface area contributed by atoms with E-state index in [0.717, 1.165) is 6.04 Å². The van der Waals surface area contributed by atoms with Crippen LogP contribution >= 0.6 is 0 Å². The van der Waals surface area contributed by atoms with Crippen LogP contribution in [0, 0.1) is 0 Å². The first kappa shape index (κ1) is 15.0. The van der Waals surface area contributed by atoms with Gasteiger partial charge in [0, 0.05) is 31.2 Å². The summed E-state index contributed by atoms with van der Waals surface area (Å²) in [6.07, 6.45) is 5.48. The molecule has 0 bridgehead atoms.